The zero-order chi connectivity index (χ0) is 12.1. The minimum Gasteiger partial charge on any atom is -0.393 e. The van der Waals surface area contributed by atoms with Crippen LogP contribution in [0.5, 0.6) is 0 Å². The van der Waals surface area contributed by atoms with Gasteiger partial charge in [-0.15, -0.1) is 0 Å². The number of nitrogens with two attached hydrogens (primary N) is 1. The fraction of sp³-hybridized carbons (Fsp3) is 0.833. The topological polar surface area (TPSA) is 55.1 Å². The Labute approximate surface area is 103 Å². The molecule has 0 bridgehead atoms. The third kappa shape index (κ3) is 3.74. The Morgan fingerprint density at radius 3 is 2.44 bits per heavy atom. The molecule has 0 aromatic heterocycles. The minimum absolute atomic E-state index is 0.0209. The third-order valence-corrected chi connectivity index (χ3v) is 3.94. The van der Waals surface area contributed by atoms with E-state index in [-0.39, 0.29) is 16.8 Å². The third-order valence-electron chi connectivity index (χ3n) is 3.59. The van der Waals surface area contributed by atoms with Crippen LogP contribution < -0.4 is 11.1 Å². The Hall–Kier alpha value is -0.640. The lowest BCUT2D eigenvalue weighted by molar-refractivity contribution is -0.123. The molecule has 1 aliphatic rings. The second kappa shape index (κ2) is 6.18. The van der Waals surface area contributed by atoms with Crippen molar-refractivity contribution in [1.82, 2.24) is 5.32 Å². The maximum atomic E-state index is 11.7. The summed E-state index contributed by atoms with van der Waals surface area (Å²) in [5.41, 5.74) is 5.46. The lowest BCUT2D eigenvalue weighted by Crippen LogP contribution is -2.43. The number of hydrogen-bond acceptors (Lipinski definition) is 2. The van der Waals surface area contributed by atoms with Crippen molar-refractivity contribution in [2.45, 2.75) is 52.0 Å². The predicted molar refractivity (Wildman–Crippen MR) is 70.1 cm³/mol. The largest absolute Gasteiger partial charge is 0.393 e. The number of nitrogens with one attached hydrogen (secondary N) is 1. The molecule has 92 valence electrons. The van der Waals surface area contributed by atoms with Gasteiger partial charge in [0.1, 0.15) is 0 Å². The SMILES string of the molecule is CCC1CCC(NC(=O)C(C)C(N)=S)CC1. The van der Waals surface area contributed by atoms with E-state index < -0.39 is 0 Å². The van der Waals surface area contributed by atoms with Crippen LogP contribution in [0, 0.1) is 11.8 Å². The van der Waals surface area contributed by atoms with Crippen molar-refractivity contribution < 1.29 is 4.79 Å². The van der Waals surface area contributed by atoms with Gasteiger partial charge < -0.3 is 11.1 Å². The van der Waals surface area contributed by atoms with E-state index >= 15 is 0 Å². The summed E-state index contributed by atoms with van der Waals surface area (Å²) in [5.74, 6) is 0.479. The molecule has 1 atom stereocenters. The molecule has 16 heavy (non-hydrogen) atoms. The van der Waals surface area contributed by atoms with Crippen LogP contribution >= 0.6 is 12.2 Å². The number of thiocarbonyl (C=S) groups is 1. The van der Waals surface area contributed by atoms with E-state index in [1.54, 1.807) is 6.92 Å². The van der Waals surface area contributed by atoms with Gasteiger partial charge in [-0.3, -0.25) is 4.79 Å². The Bertz CT molecular complexity index is 260. The summed E-state index contributed by atoms with van der Waals surface area (Å²) >= 11 is 4.82. The Balaban J connectivity index is 2.33. The standard InChI is InChI=1S/C12H22N2OS/c1-3-9-4-6-10(7-5-9)14-12(15)8(2)11(13)16/h8-10H,3-7H2,1-2H3,(H2,13,16)(H,14,15). The van der Waals surface area contributed by atoms with Gasteiger partial charge in [0.05, 0.1) is 10.9 Å². The maximum absolute atomic E-state index is 11.7. The lowest BCUT2D eigenvalue weighted by atomic mass is 9.84. The summed E-state index contributed by atoms with van der Waals surface area (Å²) in [6.45, 7) is 3.99. The first-order valence-corrected chi connectivity index (χ1v) is 6.55. The van der Waals surface area contributed by atoms with Crippen molar-refractivity contribution in [2.24, 2.45) is 17.6 Å². The highest BCUT2D eigenvalue weighted by molar-refractivity contribution is 7.80. The first-order chi connectivity index (χ1) is 7.54. The maximum Gasteiger partial charge on any atom is 0.229 e. The molecule has 0 saturated heterocycles. The van der Waals surface area contributed by atoms with Crippen molar-refractivity contribution in [3.8, 4) is 0 Å². The quantitative estimate of drug-likeness (QED) is 0.741. The summed E-state index contributed by atoms with van der Waals surface area (Å²) in [6, 6.07) is 0.326. The van der Waals surface area contributed by atoms with Crippen molar-refractivity contribution in [1.29, 1.82) is 0 Å². The molecule has 0 radical (unpaired) electrons. The van der Waals surface area contributed by atoms with Gasteiger partial charge in [0.25, 0.3) is 0 Å². The first kappa shape index (κ1) is 13.4. The normalized spacial score (nSPS) is 27.1. The number of amides is 1. The summed E-state index contributed by atoms with van der Waals surface area (Å²) in [7, 11) is 0. The van der Waals surface area contributed by atoms with E-state index in [0.29, 0.717) is 6.04 Å². The second-order valence-corrected chi connectivity index (χ2v) is 5.23. The molecule has 1 rings (SSSR count). The van der Waals surface area contributed by atoms with Crippen LogP contribution in [0.25, 0.3) is 0 Å². The molecular weight excluding hydrogens is 220 g/mol. The van der Waals surface area contributed by atoms with Crippen LogP contribution in [0.4, 0.5) is 0 Å². The highest BCUT2D eigenvalue weighted by Gasteiger charge is 2.23. The van der Waals surface area contributed by atoms with Crippen molar-refractivity contribution in [2.75, 3.05) is 0 Å². The Morgan fingerprint density at radius 2 is 2.00 bits per heavy atom. The van der Waals surface area contributed by atoms with Crippen LogP contribution in [0.3, 0.4) is 0 Å². The number of carbonyl (C=O) groups excluding carboxylic acids is 1. The van der Waals surface area contributed by atoms with Gasteiger partial charge in [-0.2, -0.15) is 0 Å². The van der Waals surface area contributed by atoms with Crippen LogP contribution in [0.15, 0.2) is 0 Å². The fourth-order valence-corrected chi connectivity index (χ4v) is 2.28. The van der Waals surface area contributed by atoms with Crippen LogP contribution in [-0.2, 0) is 4.79 Å². The monoisotopic (exact) mass is 242 g/mol. The second-order valence-electron chi connectivity index (χ2n) is 4.76. The van der Waals surface area contributed by atoms with Crippen LogP contribution in [-0.4, -0.2) is 16.9 Å². The molecular formula is C12H22N2OS. The Morgan fingerprint density at radius 1 is 1.44 bits per heavy atom. The summed E-state index contributed by atoms with van der Waals surface area (Å²) in [5, 5.41) is 3.04. The van der Waals surface area contributed by atoms with Crippen molar-refractivity contribution in [3.63, 3.8) is 0 Å². The molecule has 3 nitrogen and oxygen atoms in total. The lowest BCUT2D eigenvalue weighted by Gasteiger charge is -2.29. The molecule has 1 aliphatic carbocycles. The molecule has 3 N–H and O–H groups in total. The van der Waals surface area contributed by atoms with Gasteiger partial charge in [-0.1, -0.05) is 25.6 Å². The van der Waals surface area contributed by atoms with E-state index in [1.807, 2.05) is 0 Å². The van der Waals surface area contributed by atoms with Gasteiger partial charge in [-0.05, 0) is 38.5 Å². The molecule has 0 aromatic rings. The average Bonchev–Trinajstić information content (AvgIpc) is 2.28. The number of hydrogen-bond donors (Lipinski definition) is 2. The molecule has 1 saturated carbocycles. The van der Waals surface area contributed by atoms with E-state index in [0.717, 1.165) is 18.8 Å². The summed E-state index contributed by atoms with van der Waals surface area (Å²) < 4.78 is 0. The van der Waals surface area contributed by atoms with Gasteiger partial charge in [-0.25, -0.2) is 0 Å². The van der Waals surface area contributed by atoms with Gasteiger partial charge in [0, 0.05) is 6.04 Å². The fourth-order valence-electron chi connectivity index (χ4n) is 2.17. The van der Waals surface area contributed by atoms with E-state index in [1.165, 1.54) is 19.3 Å². The minimum atomic E-state index is -0.348. The molecule has 4 heteroatoms. The molecule has 0 spiro atoms. The number of carbonyl (C=O) groups is 1. The highest BCUT2D eigenvalue weighted by Crippen LogP contribution is 2.26. The smallest absolute Gasteiger partial charge is 0.229 e. The van der Waals surface area contributed by atoms with Gasteiger partial charge in [0.2, 0.25) is 5.91 Å². The molecule has 0 heterocycles. The summed E-state index contributed by atoms with van der Waals surface area (Å²) in [4.78, 5) is 12.0. The van der Waals surface area contributed by atoms with E-state index in [4.69, 9.17) is 18.0 Å². The molecule has 0 aromatic carbocycles. The highest BCUT2D eigenvalue weighted by atomic mass is 32.1. The first-order valence-electron chi connectivity index (χ1n) is 6.14. The molecule has 0 aliphatic heterocycles. The van der Waals surface area contributed by atoms with Crippen LogP contribution in [0.1, 0.15) is 46.0 Å². The Kier molecular flexibility index (Phi) is 5.19. The van der Waals surface area contributed by atoms with Gasteiger partial charge in [0.15, 0.2) is 0 Å². The van der Waals surface area contributed by atoms with Crippen molar-refractivity contribution in [3.05, 3.63) is 0 Å². The van der Waals surface area contributed by atoms with Crippen molar-refractivity contribution >= 4 is 23.1 Å². The van der Waals surface area contributed by atoms with E-state index in [2.05, 4.69) is 12.2 Å². The predicted octanol–water partition coefficient (Wildman–Crippen LogP) is 1.99. The zero-order valence-corrected chi connectivity index (χ0v) is 11.0. The molecule has 1 unspecified atom stereocenters. The molecule has 1 amide bonds. The molecule has 1 fully saturated rings. The average molecular weight is 242 g/mol. The number of rotatable bonds is 4. The summed E-state index contributed by atoms with van der Waals surface area (Å²) in [6.07, 6.45) is 5.89. The van der Waals surface area contributed by atoms with Gasteiger partial charge >= 0.3 is 0 Å². The van der Waals surface area contributed by atoms with E-state index in [9.17, 15) is 4.79 Å². The van der Waals surface area contributed by atoms with Crippen LogP contribution in [0.2, 0.25) is 0 Å². The zero-order valence-electron chi connectivity index (χ0n) is 10.2.